The van der Waals surface area contributed by atoms with E-state index in [-0.39, 0.29) is 20.1 Å². The number of hydrogen-bond donors (Lipinski definition) is 0. The van der Waals surface area contributed by atoms with E-state index in [4.69, 9.17) is 9.97 Å². The van der Waals surface area contributed by atoms with E-state index in [9.17, 15) is 0 Å². The Morgan fingerprint density at radius 1 is 0.378 bits per heavy atom. The number of rotatable bonds is 9. The molecule has 0 saturated carbocycles. The van der Waals surface area contributed by atoms with E-state index in [0.717, 1.165) is 139 Å². The van der Waals surface area contributed by atoms with Crippen molar-refractivity contribution in [3.05, 3.63) is 261 Å². The summed E-state index contributed by atoms with van der Waals surface area (Å²) in [5, 5.41) is 1.98. The second kappa shape index (κ2) is 19.6. The van der Waals surface area contributed by atoms with Crippen LogP contribution >= 0.6 is 0 Å². The monoisotopic (exact) mass is 1120 g/mol. The average Bonchev–Trinajstić information content (AvgIpc) is 3.78. The van der Waals surface area contributed by atoms with Gasteiger partial charge >= 0.3 is 20.1 Å². The molecule has 13 rings (SSSR count). The van der Waals surface area contributed by atoms with E-state index >= 15 is 0 Å². The Hall–Kier alpha value is -8.93. The third kappa shape index (κ3) is 8.30. The first kappa shape index (κ1) is 46.2. The van der Waals surface area contributed by atoms with Crippen molar-refractivity contribution in [1.29, 1.82) is 0 Å². The molecule has 0 bridgehead atoms. The van der Waals surface area contributed by atoms with Gasteiger partial charge in [-0.2, -0.15) is 0 Å². The summed E-state index contributed by atoms with van der Waals surface area (Å²) in [5.74, 6) is 0. The zero-order valence-corrected chi connectivity index (χ0v) is 42.9. The zero-order valence-electron chi connectivity index (χ0n) is 40.5. The Kier molecular flexibility index (Phi) is 12.2. The van der Waals surface area contributed by atoms with Gasteiger partial charge in [0.05, 0.1) is 5.69 Å². The summed E-state index contributed by atoms with van der Waals surface area (Å²) in [6, 6.07) is 85.7. The second-order valence-corrected chi connectivity index (χ2v) is 18.4. The number of pyridine rings is 4. The molecule has 5 heterocycles. The van der Waals surface area contributed by atoms with Gasteiger partial charge in [-0.15, -0.1) is 83.2 Å². The van der Waals surface area contributed by atoms with Gasteiger partial charge in [0.15, 0.2) is 0 Å². The van der Waals surface area contributed by atoms with Crippen LogP contribution < -0.4 is 0 Å². The fourth-order valence-electron chi connectivity index (χ4n) is 10.4. The molecule has 0 unspecified atom stereocenters. The molecule has 0 aliphatic heterocycles. The molecule has 8 aromatic carbocycles. The minimum atomic E-state index is 0. The molecule has 5 aromatic heterocycles. The smallest absolute Gasteiger partial charge is 0.339 e. The van der Waals surface area contributed by atoms with Gasteiger partial charge in [0.1, 0.15) is 5.65 Å². The minimum absolute atomic E-state index is 0. The third-order valence-corrected chi connectivity index (χ3v) is 14.1. The topological polar surface area (TPSA) is 56.0 Å². The van der Waals surface area contributed by atoms with E-state index in [1.807, 2.05) is 55.0 Å². The molecule has 74 heavy (non-hydrogen) atoms. The van der Waals surface area contributed by atoms with Gasteiger partial charge in [0.25, 0.3) is 0 Å². The summed E-state index contributed by atoms with van der Waals surface area (Å²) in [6.07, 6.45) is 5.55. The molecular formula is C68H44IrN5. The number of imidazole rings is 1. The van der Waals surface area contributed by atoms with Crippen molar-refractivity contribution in [2.75, 3.05) is 0 Å². The maximum atomic E-state index is 5.22. The molecule has 0 fully saturated rings. The van der Waals surface area contributed by atoms with E-state index in [1.54, 1.807) is 0 Å². The first-order valence-electron chi connectivity index (χ1n) is 24.5. The molecular weight excluding hydrogens is 1080 g/mol. The molecule has 0 saturated heterocycles. The fraction of sp³-hybridized carbons (Fsp3) is 0.0294. The van der Waals surface area contributed by atoms with Crippen molar-refractivity contribution in [3.8, 4) is 100 Å². The molecule has 0 aliphatic carbocycles. The summed E-state index contributed by atoms with van der Waals surface area (Å²) in [5.41, 5.74) is 24.0. The van der Waals surface area contributed by atoms with E-state index in [2.05, 4.69) is 222 Å². The standard InChI is InChI=1S/C68H44N5.Ir/c1-44-45(2)73-65-43-51(34-35-62(65)67-66(68(73)72-44)61(36-39-71-67)46-16-4-3-5-17-46)57-20-8-11-23-60(57)54-41-52(58-21-9-6-18-55(58)47-26-30-49(31-27-47)63-24-12-14-37-69-63)40-53(42-54)59-22-10-7-19-56(59)48-28-32-50(33-29-48)64-25-13-15-38-70-64;/h3-30,32,34,36-43H,1-2H3;/q-3;+3. The number of fused-ring (bicyclic) bond motifs is 6. The second-order valence-electron chi connectivity index (χ2n) is 18.4. The van der Waals surface area contributed by atoms with Gasteiger partial charge in [-0.05, 0) is 112 Å². The Balaban J connectivity index is 0.00000556. The average molecular weight is 1120 g/mol. The van der Waals surface area contributed by atoms with Gasteiger partial charge in [-0.3, -0.25) is 0 Å². The molecule has 0 spiro atoms. The van der Waals surface area contributed by atoms with Gasteiger partial charge in [0.2, 0.25) is 0 Å². The predicted molar refractivity (Wildman–Crippen MR) is 298 cm³/mol. The Bertz CT molecular complexity index is 4040. The van der Waals surface area contributed by atoms with Crippen molar-refractivity contribution in [2.24, 2.45) is 0 Å². The van der Waals surface area contributed by atoms with Crippen LogP contribution in [0, 0.1) is 32.0 Å². The molecule has 0 aliphatic rings. The summed E-state index contributed by atoms with van der Waals surface area (Å²) in [4.78, 5) is 19.4. The van der Waals surface area contributed by atoms with Crippen LogP contribution in [0.3, 0.4) is 0 Å². The maximum Gasteiger partial charge on any atom is 3.00 e. The normalized spacial score (nSPS) is 11.3. The predicted octanol–water partition coefficient (Wildman–Crippen LogP) is 16.8. The van der Waals surface area contributed by atoms with Crippen molar-refractivity contribution in [2.45, 2.75) is 13.8 Å². The number of nitrogens with zero attached hydrogens (tertiary/aromatic N) is 5. The van der Waals surface area contributed by atoms with Gasteiger partial charge in [0, 0.05) is 35.2 Å². The molecule has 13 aromatic rings. The molecule has 5 nitrogen and oxygen atoms in total. The zero-order chi connectivity index (χ0) is 48.8. The van der Waals surface area contributed by atoms with Gasteiger partial charge in [-0.25, -0.2) is 4.98 Å². The van der Waals surface area contributed by atoms with Crippen LogP contribution in [0.4, 0.5) is 0 Å². The summed E-state index contributed by atoms with van der Waals surface area (Å²) in [7, 11) is 0. The van der Waals surface area contributed by atoms with Crippen molar-refractivity contribution in [3.63, 3.8) is 0 Å². The fourth-order valence-corrected chi connectivity index (χ4v) is 10.4. The SMILES string of the molecule is Cc1nc2c3c(-c4ccccc4)ccnc3c3[c-]cc(-c4ccccc4-c4cc(-c5ccccc5-c5c[c-]c(-c6ccccn6)cc5)cc(-c5ccccc5-c5c[c-]c(-c6ccccn6)cc5)c4)cc3n2c1C.[Ir+3]. The van der Waals surface area contributed by atoms with Crippen LogP contribution in [-0.4, -0.2) is 24.3 Å². The molecule has 0 atom stereocenters. The van der Waals surface area contributed by atoms with Crippen LogP contribution in [-0.2, 0) is 20.1 Å². The first-order chi connectivity index (χ1) is 36.0. The van der Waals surface area contributed by atoms with E-state index in [0.29, 0.717) is 0 Å². The van der Waals surface area contributed by atoms with E-state index < -0.39 is 0 Å². The van der Waals surface area contributed by atoms with Crippen molar-refractivity contribution in [1.82, 2.24) is 24.3 Å². The quantitative estimate of drug-likeness (QED) is 0.107. The van der Waals surface area contributed by atoms with Crippen LogP contribution in [0.2, 0.25) is 0 Å². The van der Waals surface area contributed by atoms with Gasteiger partial charge < -0.3 is 19.4 Å². The number of benzene rings is 8. The van der Waals surface area contributed by atoms with Crippen molar-refractivity contribution >= 4 is 27.5 Å². The molecule has 0 radical (unpaired) electrons. The van der Waals surface area contributed by atoms with Gasteiger partial charge in [-0.1, -0.05) is 161 Å². The Morgan fingerprint density at radius 3 is 1.34 bits per heavy atom. The molecule has 0 N–H and O–H groups in total. The minimum Gasteiger partial charge on any atom is -0.339 e. The van der Waals surface area contributed by atoms with Crippen LogP contribution in [0.25, 0.3) is 128 Å². The third-order valence-electron chi connectivity index (χ3n) is 14.1. The molecule has 350 valence electrons. The van der Waals surface area contributed by atoms with E-state index in [1.165, 1.54) is 0 Å². The molecule has 6 heteroatoms. The summed E-state index contributed by atoms with van der Waals surface area (Å²) in [6.45, 7) is 4.25. The number of hydrogen-bond acceptors (Lipinski definition) is 4. The van der Waals surface area contributed by atoms with Crippen LogP contribution in [0.5, 0.6) is 0 Å². The van der Waals surface area contributed by atoms with Crippen LogP contribution in [0.15, 0.2) is 231 Å². The molecule has 0 amide bonds. The Morgan fingerprint density at radius 2 is 0.851 bits per heavy atom. The first-order valence-corrected chi connectivity index (χ1v) is 24.5. The van der Waals surface area contributed by atoms with Crippen molar-refractivity contribution < 1.29 is 20.1 Å². The Labute approximate surface area is 444 Å². The maximum absolute atomic E-state index is 5.22. The van der Waals surface area contributed by atoms with Crippen LogP contribution in [0.1, 0.15) is 11.4 Å². The number of aryl methyl sites for hydroxylation is 2. The largest absolute Gasteiger partial charge is 3.00 e. The summed E-state index contributed by atoms with van der Waals surface area (Å²) < 4.78 is 2.30. The summed E-state index contributed by atoms with van der Waals surface area (Å²) >= 11 is 0. The number of aromatic nitrogens is 5.